The van der Waals surface area contributed by atoms with Crippen LogP contribution in [-0.2, 0) is 14.8 Å². The lowest BCUT2D eigenvalue weighted by Crippen LogP contribution is -2.52. The van der Waals surface area contributed by atoms with Crippen molar-refractivity contribution in [2.75, 3.05) is 19.6 Å². The molecule has 8 heteroatoms. The molecule has 3 N–H and O–H groups in total. The number of Topliss-reactive ketones (excluding diaryl/α,β-unsaturated/α-hetero) is 1. The summed E-state index contributed by atoms with van der Waals surface area (Å²) in [4.78, 5) is 24.8. The van der Waals surface area contributed by atoms with Crippen molar-refractivity contribution >= 4 is 21.7 Å². The first-order valence-corrected chi connectivity index (χ1v) is 13.5. The molecular weight excluding hydrogens is 474 g/mol. The van der Waals surface area contributed by atoms with E-state index in [1.165, 1.54) is 19.1 Å². The Balaban J connectivity index is 1.40. The zero-order chi connectivity index (χ0) is 25.5. The number of carbonyl (C=O) groups excluding carboxylic acids is 2. The first kappa shape index (κ1) is 25.8. The lowest BCUT2D eigenvalue weighted by atomic mass is 9.90. The highest BCUT2D eigenvalue weighted by Gasteiger charge is 2.30. The number of hydrogen-bond donors (Lipinski definition) is 3. The van der Waals surface area contributed by atoms with Gasteiger partial charge in [-0.2, -0.15) is 0 Å². The summed E-state index contributed by atoms with van der Waals surface area (Å²) in [5.74, 6) is -0.674. The summed E-state index contributed by atoms with van der Waals surface area (Å²) in [6, 6.07) is 25.6. The molecule has 3 aromatic carbocycles. The van der Waals surface area contributed by atoms with E-state index in [2.05, 4.69) is 39.6 Å². The van der Waals surface area contributed by atoms with Crippen LogP contribution in [0.15, 0.2) is 89.8 Å². The number of sulfonamides is 1. The Morgan fingerprint density at radius 3 is 2.17 bits per heavy atom. The van der Waals surface area contributed by atoms with Crippen LogP contribution in [0.2, 0.25) is 0 Å². The van der Waals surface area contributed by atoms with Gasteiger partial charge in [-0.15, -0.1) is 0 Å². The van der Waals surface area contributed by atoms with Gasteiger partial charge in [-0.3, -0.25) is 9.59 Å². The normalized spacial score (nSPS) is 18.1. The Morgan fingerprint density at radius 1 is 0.917 bits per heavy atom. The van der Waals surface area contributed by atoms with Gasteiger partial charge in [0.2, 0.25) is 15.9 Å². The molecular formula is C28H31N3O4S. The number of ketones is 1. The van der Waals surface area contributed by atoms with Gasteiger partial charge < -0.3 is 10.6 Å². The van der Waals surface area contributed by atoms with E-state index in [0.717, 1.165) is 11.1 Å². The van der Waals surface area contributed by atoms with Crippen LogP contribution in [0.3, 0.4) is 0 Å². The maximum atomic E-state index is 13.1. The van der Waals surface area contributed by atoms with Crippen LogP contribution in [0.1, 0.15) is 40.7 Å². The molecule has 7 nitrogen and oxygen atoms in total. The fourth-order valence-corrected chi connectivity index (χ4v) is 5.84. The molecule has 4 rings (SSSR count). The quantitative estimate of drug-likeness (QED) is 0.388. The van der Waals surface area contributed by atoms with Crippen molar-refractivity contribution < 1.29 is 18.0 Å². The fourth-order valence-electron chi connectivity index (χ4n) is 4.55. The van der Waals surface area contributed by atoms with Crippen LogP contribution < -0.4 is 15.4 Å². The Bertz CT molecular complexity index is 1260. The van der Waals surface area contributed by atoms with E-state index in [1.807, 2.05) is 36.4 Å². The third-order valence-corrected chi connectivity index (χ3v) is 8.00. The molecule has 188 valence electrons. The Kier molecular flexibility index (Phi) is 8.30. The van der Waals surface area contributed by atoms with Gasteiger partial charge in [-0.05, 0) is 36.6 Å². The summed E-state index contributed by atoms with van der Waals surface area (Å²) < 4.78 is 28.6. The number of amides is 1. The SMILES string of the molecule is CC(=O)c1cccc(S(=O)(=O)NC2CNCC(C(=O)NCC(c3ccccc3)c3ccccc3)C2)c1. The molecule has 2 atom stereocenters. The van der Waals surface area contributed by atoms with Crippen LogP contribution in [0.4, 0.5) is 0 Å². The third-order valence-electron chi connectivity index (χ3n) is 6.48. The van der Waals surface area contributed by atoms with Crippen molar-refractivity contribution in [2.24, 2.45) is 5.92 Å². The van der Waals surface area contributed by atoms with Crippen LogP contribution >= 0.6 is 0 Å². The van der Waals surface area contributed by atoms with Gasteiger partial charge in [0.15, 0.2) is 5.78 Å². The van der Waals surface area contributed by atoms with Crippen molar-refractivity contribution in [3.05, 3.63) is 102 Å². The van der Waals surface area contributed by atoms with E-state index >= 15 is 0 Å². The highest BCUT2D eigenvalue weighted by molar-refractivity contribution is 7.89. The molecule has 1 aliphatic rings. The van der Waals surface area contributed by atoms with E-state index in [4.69, 9.17) is 0 Å². The van der Waals surface area contributed by atoms with Gasteiger partial charge in [0.25, 0.3) is 0 Å². The number of hydrogen-bond acceptors (Lipinski definition) is 5. The average Bonchev–Trinajstić information content (AvgIpc) is 2.90. The van der Waals surface area contributed by atoms with Gasteiger partial charge >= 0.3 is 0 Å². The zero-order valence-electron chi connectivity index (χ0n) is 20.2. The maximum absolute atomic E-state index is 13.1. The van der Waals surface area contributed by atoms with Gasteiger partial charge in [0, 0.05) is 37.2 Å². The van der Waals surface area contributed by atoms with Crippen molar-refractivity contribution in [1.82, 2.24) is 15.4 Å². The maximum Gasteiger partial charge on any atom is 0.240 e. The van der Waals surface area contributed by atoms with Crippen LogP contribution in [0, 0.1) is 5.92 Å². The first-order valence-electron chi connectivity index (χ1n) is 12.0. The van der Waals surface area contributed by atoms with Crippen LogP contribution in [0.5, 0.6) is 0 Å². The van der Waals surface area contributed by atoms with Crippen molar-refractivity contribution in [2.45, 2.75) is 30.2 Å². The summed E-state index contributed by atoms with van der Waals surface area (Å²) in [7, 11) is -3.84. The Morgan fingerprint density at radius 2 is 1.56 bits per heavy atom. The van der Waals surface area contributed by atoms with E-state index in [0.29, 0.717) is 31.6 Å². The third kappa shape index (κ3) is 6.46. The summed E-state index contributed by atoms with van der Waals surface area (Å²) in [5.41, 5.74) is 2.57. The lowest BCUT2D eigenvalue weighted by Gasteiger charge is -2.30. The van der Waals surface area contributed by atoms with E-state index in [9.17, 15) is 18.0 Å². The number of piperidine rings is 1. The summed E-state index contributed by atoms with van der Waals surface area (Å²) in [6.07, 6.45) is 0.381. The molecule has 3 aromatic rings. The molecule has 2 unspecified atom stereocenters. The minimum Gasteiger partial charge on any atom is -0.355 e. The molecule has 0 aromatic heterocycles. The monoisotopic (exact) mass is 505 g/mol. The van der Waals surface area contributed by atoms with Gasteiger partial charge in [-0.1, -0.05) is 72.8 Å². The molecule has 0 radical (unpaired) electrons. The van der Waals surface area contributed by atoms with E-state index < -0.39 is 16.1 Å². The van der Waals surface area contributed by atoms with E-state index in [-0.39, 0.29) is 28.4 Å². The predicted octanol–water partition coefficient (Wildman–Crippen LogP) is 3.09. The smallest absolute Gasteiger partial charge is 0.240 e. The molecule has 0 bridgehead atoms. The van der Waals surface area contributed by atoms with Gasteiger partial charge in [0.1, 0.15) is 0 Å². The second-order valence-corrected chi connectivity index (χ2v) is 10.8. The molecule has 36 heavy (non-hydrogen) atoms. The molecule has 1 heterocycles. The Hall–Kier alpha value is -3.33. The standard InChI is InChI=1S/C28H31N3O4S/c1-20(32)23-13-8-14-26(16-23)36(34,35)31-25-15-24(17-29-18-25)28(33)30-19-27(21-9-4-2-5-10-21)22-11-6-3-7-12-22/h2-14,16,24-25,27,29,31H,15,17-19H2,1H3,(H,30,33). The Labute approximate surface area is 212 Å². The molecule has 0 aliphatic carbocycles. The van der Waals surface area contributed by atoms with E-state index in [1.54, 1.807) is 12.1 Å². The second kappa shape index (κ2) is 11.6. The first-order chi connectivity index (χ1) is 17.3. The number of benzene rings is 3. The molecule has 1 amide bonds. The molecule has 0 saturated carbocycles. The minimum atomic E-state index is -3.84. The second-order valence-electron chi connectivity index (χ2n) is 9.11. The summed E-state index contributed by atoms with van der Waals surface area (Å²) in [5, 5.41) is 6.27. The average molecular weight is 506 g/mol. The fraction of sp³-hybridized carbons (Fsp3) is 0.286. The van der Waals surface area contributed by atoms with Gasteiger partial charge in [-0.25, -0.2) is 13.1 Å². The van der Waals surface area contributed by atoms with Crippen LogP contribution in [-0.4, -0.2) is 45.8 Å². The largest absolute Gasteiger partial charge is 0.355 e. The zero-order valence-corrected chi connectivity index (χ0v) is 21.0. The van der Waals surface area contributed by atoms with Gasteiger partial charge in [0.05, 0.1) is 10.8 Å². The van der Waals surface area contributed by atoms with Crippen molar-refractivity contribution in [3.63, 3.8) is 0 Å². The molecule has 1 saturated heterocycles. The number of carbonyl (C=O) groups is 2. The molecule has 0 spiro atoms. The highest BCUT2D eigenvalue weighted by Crippen LogP contribution is 2.24. The highest BCUT2D eigenvalue weighted by atomic mass is 32.2. The predicted molar refractivity (Wildman–Crippen MR) is 139 cm³/mol. The van der Waals surface area contributed by atoms with Crippen molar-refractivity contribution in [3.8, 4) is 0 Å². The summed E-state index contributed by atoms with van der Waals surface area (Å²) >= 11 is 0. The minimum absolute atomic E-state index is 0.00996. The number of nitrogens with one attached hydrogen (secondary N) is 3. The molecule has 1 aliphatic heterocycles. The number of rotatable bonds is 9. The molecule has 1 fully saturated rings. The van der Waals surface area contributed by atoms with Crippen LogP contribution in [0.25, 0.3) is 0 Å². The lowest BCUT2D eigenvalue weighted by molar-refractivity contribution is -0.125. The topological polar surface area (TPSA) is 104 Å². The van der Waals surface area contributed by atoms with Crippen molar-refractivity contribution in [1.29, 1.82) is 0 Å². The summed E-state index contributed by atoms with van der Waals surface area (Å²) in [6.45, 7) is 2.74.